The molecule has 0 aromatic carbocycles. The Kier molecular flexibility index (Phi) is 5.21. The van der Waals surface area contributed by atoms with Crippen LogP contribution >= 0.6 is 0 Å². The van der Waals surface area contributed by atoms with Crippen LogP contribution in [0.25, 0.3) is 0 Å². The summed E-state index contributed by atoms with van der Waals surface area (Å²) < 4.78 is 5.20. The van der Waals surface area contributed by atoms with Crippen LogP contribution in [-0.2, 0) is 9.53 Å². The van der Waals surface area contributed by atoms with Crippen molar-refractivity contribution in [3.63, 3.8) is 0 Å². The van der Waals surface area contributed by atoms with Crippen molar-refractivity contribution in [1.29, 1.82) is 0 Å². The van der Waals surface area contributed by atoms with Crippen molar-refractivity contribution in [2.75, 3.05) is 7.11 Å². The molecule has 0 spiro atoms. The Morgan fingerprint density at radius 1 is 1.47 bits per heavy atom. The van der Waals surface area contributed by atoms with Gasteiger partial charge in [-0.1, -0.05) is 6.92 Å². The third kappa shape index (κ3) is 4.22. The quantitative estimate of drug-likeness (QED) is 0.665. The summed E-state index contributed by atoms with van der Waals surface area (Å²) in [4.78, 5) is 22.3. The Morgan fingerprint density at radius 2 is 2.18 bits per heavy atom. The van der Waals surface area contributed by atoms with Gasteiger partial charge in [0.05, 0.1) is 6.10 Å². The second kappa shape index (κ2) is 6.44. The fourth-order valence-electron chi connectivity index (χ4n) is 2.01. The number of hydrogen-bond acceptors (Lipinski definition) is 3. The lowest BCUT2D eigenvalue weighted by Crippen LogP contribution is -2.48. The topological polar surface area (TPSA) is 87.7 Å². The summed E-state index contributed by atoms with van der Waals surface area (Å²) in [5, 5.41) is 14.0. The average Bonchev–Trinajstić information content (AvgIpc) is 2.73. The molecule has 17 heavy (non-hydrogen) atoms. The molecular formula is C11H20N2O4. The van der Waals surface area contributed by atoms with Crippen LogP contribution in [0.2, 0.25) is 0 Å². The van der Waals surface area contributed by atoms with Gasteiger partial charge in [0.25, 0.3) is 0 Å². The normalized spacial score (nSPS) is 25.3. The van der Waals surface area contributed by atoms with Crippen molar-refractivity contribution in [1.82, 2.24) is 10.6 Å². The van der Waals surface area contributed by atoms with Gasteiger partial charge in [0.1, 0.15) is 6.04 Å². The zero-order valence-electron chi connectivity index (χ0n) is 10.2. The highest BCUT2D eigenvalue weighted by molar-refractivity contribution is 5.82. The van der Waals surface area contributed by atoms with Crippen LogP contribution < -0.4 is 10.6 Å². The largest absolute Gasteiger partial charge is 0.480 e. The summed E-state index contributed by atoms with van der Waals surface area (Å²) in [6.07, 6.45) is 3.15. The Labute approximate surface area is 101 Å². The number of carbonyl (C=O) groups excluding carboxylic acids is 1. The molecular weight excluding hydrogens is 224 g/mol. The van der Waals surface area contributed by atoms with E-state index in [0.717, 1.165) is 19.3 Å². The van der Waals surface area contributed by atoms with Gasteiger partial charge in [-0.05, 0) is 25.7 Å². The van der Waals surface area contributed by atoms with Crippen LogP contribution in [0.5, 0.6) is 0 Å². The van der Waals surface area contributed by atoms with Crippen LogP contribution in [0.1, 0.15) is 32.6 Å². The molecule has 1 aliphatic carbocycles. The molecule has 3 atom stereocenters. The van der Waals surface area contributed by atoms with E-state index >= 15 is 0 Å². The van der Waals surface area contributed by atoms with E-state index in [0.29, 0.717) is 6.42 Å². The zero-order chi connectivity index (χ0) is 12.8. The number of methoxy groups -OCH3 is 1. The Hall–Kier alpha value is -1.30. The molecule has 0 aromatic rings. The van der Waals surface area contributed by atoms with E-state index in [2.05, 4.69) is 10.6 Å². The maximum atomic E-state index is 11.5. The average molecular weight is 244 g/mol. The van der Waals surface area contributed by atoms with Gasteiger partial charge >= 0.3 is 12.0 Å². The monoisotopic (exact) mass is 244 g/mol. The number of amides is 2. The summed E-state index contributed by atoms with van der Waals surface area (Å²) in [5.41, 5.74) is 0. The van der Waals surface area contributed by atoms with E-state index in [1.807, 2.05) is 0 Å². The molecule has 3 unspecified atom stereocenters. The first-order valence-corrected chi connectivity index (χ1v) is 5.89. The molecule has 6 heteroatoms. The van der Waals surface area contributed by atoms with Gasteiger partial charge < -0.3 is 20.5 Å². The first-order chi connectivity index (χ1) is 8.06. The molecule has 2 amide bonds. The SMILES string of the molecule is CCC(NC(=O)NC1CCC(OC)C1)C(=O)O. The predicted octanol–water partition coefficient (Wildman–Crippen LogP) is 0.716. The molecule has 0 aromatic heterocycles. The molecule has 0 radical (unpaired) electrons. The smallest absolute Gasteiger partial charge is 0.326 e. The van der Waals surface area contributed by atoms with E-state index < -0.39 is 18.0 Å². The van der Waals surface area contributed by atoms with Crippen LogP contribution in [0.3, 0.4) is 0 Å². The van der Waals surface area contributed by atoms with Gasteiger partial charge in [-0.15, -0.1) is 0 Å². The third-order valence-corrected chi connectivity index (χ3v) is 3.06. The molecule has 98 valence electrons. The Bertz CT molecular complexity index is 283. The number of carbonyl (C=O) groups is 2. The molecule has 1 saturated carbocycles. The molecule has 0 bridgehead atoms. The minimum absolute atomic E-state index is 0.0752. The second-order valence-corrected chi connectivity index (χ2v) is 4.28. The van der Waals surface area contributed by atoms with Crippen molar-refractivity contribution in [2.45, 2.75) is 50.8 Å². The van der Waals surface area contributed by atoms with Crippen LogP contribution in [-0.4, -0.2) is 42.4 Å². The number of carboxylic acid groups (broad SMARTS) is 1. The highest BCUT2D eigenvalue weighted by Crippen LogP contribution is 2.21. The summed E-state index contributed by atoms with van der Waals surface area (Å²) in [6.45, 7) is 1.72. The van der Waals surface area contributed by atoms with Crippen molar-refractivity contribution in [3.05, 3.63) is 0 Å². The summed E-state index contributed by atoms with van der Waals surface area (Å²) in [6, 6.07) is -1.16. The number of rotatable bonds is 5. The highest BCUT2D eigenvalue weighted by atomic mass is 16.5. The second-order valence-electron chi connectivity index (χ2n) is 4.28. The summed E-state index contributed by atoms with van der Waals surface area (Å²) in [7, 11) is 1.66. The first-order valence-electron chi connectivity index (χ1n) is 5.89. The van der Waals surface area contributed by atoms with Crippen molar-refractivity contribution >= 4 is 12.0 Å². The summed E-state index contributed by atoms with van der Waals surface area (Å²) in [5.74, 6) is -1.01. The standard InChI is InChI=1S/C11H20N2O4/c1-3-9(10(14)15)13-11(16)12-7-4-5-8(6-7)17-2/h7-9H,3-6H2,1-2H3,(H,14,15)(H2,12,13,16). The van der Waals surface area contributed by atoms with E-state index in [4.69, 9.17) is 9.84 Å². The minimum Gasteiger partial charge on any atom is -0.480 e. The molecule has 1 rings (SSSR count). The molecule has 1 fully saturated rings. The van der Waals surface area contributed by atoms with Crippen molar-refractivity contribution in [3.8, 4) is 0 Å². The predicted molar refractivity (Wildman–Crippen MR) is 61.8 cm³/mol. The maximum absolute atomic E-state index is 11.5. The molecule has 6 nitrogen and oxygen atoms in total. The Balaban J connectivity index is 2.32. The van der Waals surface area contributed by atoms with Gasteiger partial charge in [-0.3, -0.25) is 0 Å². The van der Waals surface area contributed by atoms with Gasteiger partial charge in [-0.25, -0.2) is 9.59 Å². The Morgan fingerprint density at radius 3 is 2.65 bits per heavy atom. The number of urea groups is 1. The van der Waals surface area contributed by atoms with Crippen molar-refractivity contribution < 1.29 is 19.4 Å². The lowest BCUT2D eigenvalue weighted by atomic mass is 10.2. The number of nitrogens with one attached hydrogen (secondary N) is 2. The van der Waals surface area contributed by atoms with Crippen LogP contribution in [0.15, 0.2) is 0 Å². The number of ether oxygens (including phenoxy) is 1. The number of carboxylic acids is 1. The van der Waals surface area contributed by atoms with Gasteiger partial charge in [0, 0.05) is 13.2 Å². The minimum atomic E-state index is -1.01. The fraction of sp³-hybridized carbons (Fsp3) is 0.818. The zero-order valence-corrected chi connectivity index (χ0v) is 10.2. The number of aliphatic carboxylic acids is 1. The highest BCUT2D eigenvalue weighted by Gasteiger charge is 2.26. The van der Waals surface area contributed by atoms with Crippen LogP contribution in [0.4, 0.5) is 4.79 Å². The molecule has 0 saturated heterocycles. The molecule has 0 aliphatic heterocycles. The van der Waals surface area contributed by atoms with E-state index in [-0.39, 0.29) is 12.1 Å². The van der Waals surface area contributed by atoms with E-state index in [1.54, 1.807) is 14.0 Å². The van der Waals surface area contributed by atoms with Gasteiger partial charge in [0.2, 0.25) is 0 Å². The number of hydrogen-bond donors (Lipinski definition) is 3. The lowest BCUT2D eigenvalue weighted by molar-refractivity contribution is -0.139. The van der Waals surface area contributed by atoms with E-state index in [9.17, 15) is 9.59 Å². The third-order valence-electron chi connectivity index (χ3n) is 3.06. The van der Waals surface area contributed by atoms with E-state index in [1.165, 1.54) is 0 Å². The van der Waals surface area contributed by atoms with Crippen molar-refractivity contribution in [2.24, 2.45) is 0 Å². The molecule has 0 heterocycles. The van der Waals surface area contributed by atoms with Crippen LogP contribution in [0, 0.1) is 0 Å². The molecule has 1 aliphatic rings. The molecule has 3 N–H and O–H groups in total. The lowest BCUT2D eigenvalue weighted by Gasteiger charge is -2.16. The first kappa shape index (κ1) is 13.8. The summed E-state index contributed by atoms with van der Waals surface area (Å²) >= 11 is 0. The maximum Gasteiger partial charge on any atom is 0.326 e. The van der Waals surface area contributed by atoms with Gasteiger partial charge in [-0.2, -0.15) is 0 Å². The fourth-order valence-corrected chi connectivity index (χ4v) is 2.01. The van der Waals surface area contributed by atoms with Gasteiger partial charge in [0.15, 0.2) is 0 Å².